The van der Waals surface area contributed by atoms with E-state index in [0.717, 1.165) is 16.4 Å². The molecular formula is C18H19N3O4S. The molecule has 3 rings (SSSR count). The minimum Gasteiger partial charge on any atom is -0.497 e. The molecule has 0 aliphatic heterocycles. The van der Waals surface area contributed by atoms with Gasteiger partial charge >= 0.3 is 0 Å². The van der Waals surface area contributed by atoms with Crippen LogP contribution < -0.4 is 20.3 Å². The topological polar surface area (TPSA) is 93.3 Å². The minimum absolute atomic E-state index is 0.0531. The Morgan fingerprint density at radius 1 is 1.27 bits per heavy atom. The first-order valence-electron chi connectivity index (χ1n) is 8.15. The third-order valence-corrected chi connectivity index (χ3v) is 4.76. The molecule has 7 nitrogen and oxygen atoms in total. The van der Waals surface area contributed by atoms with Crippen LogP contribution in [0, 0.1) is 0 Å². The van der Waals surface area contributed by atoms with E-state index < -0.39 is 0 Å². The average molecular weight is 373 g/mol. The Kier molecular flexibility index (Phi) is 5.85. The van der Waals surface area contributed by atoms with E-state index >= 15 is 0 Å². The second-order valence-corrected chi connectivity index (χ2v) is 6.68. The molecule has 0 spiro atoms. The van der Waals surface area contributed by atoms with Gasteiger partial charge in [0.2, 0.25) is 5.91 Å². The summed E-state index contributed by atoms with van der Waals surface area (Å²) < 4.78 is 10.7. The van der Waals surface area contributed by atoms with Crippen molar-refractivity contribution in [3.05, 3.63) is 51.9 Å². The van der Waals surface area contributed by atoms with Gasteiger partial charge in [-0.25, -0.2) is 4.98 Å². The van der Waals surface area contributed by atoms with Crippen molar-refractivity contribution >= 4 is 27.5 Å². The van der Waals surface area contributed by atoms with Crippen LogP contribution in [0.2, 0.25) is 0 Å². The summed E-state index contributed by atoms with van der Waals surface area (Å²) >= 11 is 1.40. The number of methoxy groups -OCH3 is 1. The summed E-state index contributed by atoms with van der Waals surface area (Å²) in [5.41, 5.74) is -0.167. The van der Waals surface area contributed by atoms with Gasteiger partial charge in [-0.3, -0.25) is 9.59 Å². The van der Waals surface area contributed by atoms with E-state index in [-0.39, 0.29) is 11.5 Å². The Morgan fingerprint density at radius 2 is 2.04 bits per heavy atom. The number of hydrogen-bond acceptors (Lipinski definition) is 6. The third kappa shape index (κ3) is 4.60. The number of nitrogens with one attached hydrogen (secondary N) is 2. The molecule has 2 aromatic heterocycles. The van der Waals surface area contributed by atoms with E-state index in [4.69, 9.17) is 9.47 Å². The van der Waals surface area contributed by atoms with Crippen LogP contribution in [0.5, 0.6) is 11.5 Å². The lowest BCUT2D eigenvalue weighted by atomic mass is 10.3. The van der Waals surface area contributed by atoms with Gasteiger partial charge in [-0.05, 0) is 36.8 Å². The lowest BCUT2D eigenvalue weighted by molar-refractivity contribution is -0.121. The van der Waals surface area contributed by atoms with Gasteiger partial charge in [0, 0.05) is 11.3 Å². The molecule has 0 saturated carbocycles. The maximum Gasteiger partial charge on any atom is 0.259 e. The molecule has 2 heterocycles. The van der Waals surface area contributed by atoms with Crippen LogP contribution >= 0.6 is 11.3 Å². The van der Waals surface area contributed by atoms with Crippen molar-refractivity contribution in [2.45, 2.75) is 19.4 Å². The molecule has 0 radical (unpaired) electrons. The first kappa shape index (κ1) is 17.9. The summed E-state index contributed by atoms with van der Waals surface area (Å²) in [6.45, 7) is 0.848. The number of nitrogens with zero attached hydrogens (tertiary/aromatic N) is 1. The molecule has 0 aliphatic carbocycles. The third-order valence-electron chi connectivity index (χ3n) is 3.72. The second-order valence-electron chi connectivity index (χ2n) is 5.57. The number of carbonyl (C=O) groups is 1. The molecule has 8 heteroatoms. The van der Waals surface area contributed by atoms with E-state index in [9.17, 15) is 9.59 Å². The number of aromatic nitrogens is 2. The summed E-state index contributed by atoms with van der Waals surface area (Å²) in [6, 6.07) is 9.07. The Bertz CT molecular complexity index is 934. The molecule has 136 valence electrons. The minimum atomic E-state index is -0.167. The average Bonchev–Trinajstić information content (AvgIpc) is 3.09. The molecule has 0 aliphatic rings. The Hall–Kier alpha value is -2.87. The van der Waals surface area contributed by atoms with Gasteiger partial charge in [0.25, 0.3) is 5.56 Å². The number of amides is 1. The highest BCUT2D eigenvalue weighted by atomic mass is 32.1. The van der Waals surface area contributed by atoms with Crippen molar-refractivity contribution < 1.29 is 14.3 Å². The lowest BCUT2D eigenvalue weighted by Crippen LogP contribution is -2.22. The molecule has 0 saturated heterocycles. The standard InChI is InChI=1S/C18H19N3O4S/c1-24-12-4-6-13(7-5-12)25-8-2-3-16(22)19-10-14-9-15-17(23)20-11-21-18(15)26-14/h4-7,9,11H,2-3,8,10H2,1H3,(H,19,22)(H,20,21,23). The van der Waals surface area contributed by atoms with Crippen molar-refractivity contribution in [2.75, 3.05) is 13.7 Å². The normalized spacial score (nSPS) is 10.7. The zero-order chi connectivity index (χ0) is 18.4. The van der Waals surface area contributed by atoms with Gasteiger partial charge in [0.1, 0.15) is 16.3 Å². The van der Waals surface area contributed by atoms with Crippen LogP contribution in [0.25, 0.3) is 10.2 Å². The Balaban J connectivity index is 1.39. The summed E-state index contributed by atoms with van der Waals surface area (Å²) in [7, 11) is 1.61. The molecule has 0 bridgehead atoms. The summed E-state index contributed by atoms with van der Waals surface area (Å²) in [4.78, 5) is 31.8. The van der Waals surface area contributed by atoms with Gasteiger partial charge in [-0.15, -0.1) is 11.3 Å². The molecule has 1 aromatic carbocycles. The van der Waals surface area contributed by atoms with E-state index in [0.29, 0.717) is 36.2 Å². The van der Waals surface area contributed by atoms with Gasteiger partial charge in [-0.2, -0.15) is 0 Å². The van der Waals surface area contributed by atoms with Crippen molar-refractivity contribution in [1.82, 2.24) is 15.3 Å². The molecule has 26 heavy (non-hydrogen) atoms. The number of carbonyl (C=O) groups excluding carboxylic acids is 1. The molecule has 3 aromatic rings. The van der Waals surface area contributed by atoms with Crippen LogP contribution in [0.3, 0.4) is 0 Å². The van der Waals surface area contributed by atoms with Gasteiger partial charge in [0.15, 0.2) is 0 Å². The van der Waals surface area contributed by atoms with Crippen molar-refractivity contribution in [3.63, 3.8) is 0 Å². The number of thiophene rings is 1. The lowest BCUT2D eigenvalue weighted by Gasteiger charge is -2.07. The molecular weight excluding hydrogens is 354 g/mol. The largest absolute Gasteiger partial charge is 0.497 e. The van der Waals surface area contributed by atoms with Gasteiger partial charge in [0.05, 0.1) is 32.0 Å². The summed E-state index contributed by atoms with van der Waals surface area (Å²) in [5.74, 6) is 1.46. The van der Waals surface area contributed by atoms with Crippen molar-refractivity contribution in [2.24, 2.45) is 0 Å². The number of ether oxygens (including phenoxy) is 2. The monoisotopic (exact) mass is 373 g/mol. The highest BCUT2D eigenvalue weighted by Crippen LogP contribution is 2.20. The fourth-order valence-electron chi connectivity index (χ4n) is 2.37. The van der Waals surface area contributed by atoms with Crippen molar-refractivity contribution in [3.8, 4) is 11.5 Å². The Morgan fingerprint density at radius 3 is 2.77 bits per heavy atom. The van der Waals surface area contributed by atoms with E-state index in [2.05, 4.69) is 15.3 Å². The summed E-state index contributed by atoms with van der Waals surface area (Å²) in [5, 5.41) is 3.40. The highest BCUT2D eigenvalue weighted by Gasteiger charge is 2.07. The first-order valence-corrected chi connectivity index (χ1v) is 8.97. The molecule has 1 amide bonds. The van der Waals surface area contributed by atoms with Gasteiger partial charge < -0.3 is 19.8 Å². The predicted octanol–water partition coefficient (Wildman–Crippen LogP) is 2.47. The zero-order valence-electron chi connectivity index (χ0n) is 14.3. The smallest absolute Gasteiger partial charge is 0.259 e. The number of rotatable bonds is 8. The number of hydrogen-bond donors (Lipinski definition) is 2. The van der Waals surface area contributed by atoms with E-state index in [1.54, 1.807) is 13.2 Å². The first-order chi connectivity index (χ1) is 12.7. The van der Waals surface area contributed by atoms with Crippen LogP contribution in [0.1, 0.15) is 17.7 Å². The van der Waals surface area contributed by atoms with Gasteiger partial charge in [-0.1, -0.05) is 0 Å². The Labute approximate surface area is 154 Å². The van der Waals surface area contributed by atoms with Crippen LogP contribution in [0.15, 0.2) is 41.5 Å². The van der Waals surface area contributed by atoms with Crippen molar-refractivity contribution in [1.29, 1.82) is 0 Å². The maximum atomic E-state index is 11.9. The number of benzene rings is 1. The zero-order valence-corrected chi connectivity index (χ0v) is 15.1. The van der Waals surface area contributed by atoms with Crippen LogP contribution in [0.4, 0.5) is 0 Å². The highest BCUT2D eigenvalue weighted by molar-refractivity contribution is 7.18. The second kappa shape index (κ2) is 8.48. The predicted molar refractivity (Wildman–Crippen MR) is 99.8 cm³/mol. The molecule has 0 atom stereocenters. The van der Waals surface area contributed by atoms with Crippen LogP contribution in [-0.4, -0.2) is 29.6 Å². The number of fused-ring (bicyclic) bond motifs is 1. The fourth-order valence-corrected chi connectivity index (χ4v) is 3.31. The quantitative estimate of drug-likeness (QED) is 0.592. The van der Waals surface area contributed by atoms with Crippen LogP contribution in [-0.2, 0) is 11.3 Å². The number of aromatic amines is 1. The van der Waals surface area contributed by atoms with E-state index in [1.807, 2.05) is 24.3 Å². The fraction of sp³-hybridized carbons (Fsp3) is 0.278. The SMILES string of the molecule is COc1ccc(OCCCC(=O)NCc2cc3c(=O)[nH]cnc3s2)cc1. The molecule has 0 unspecified atom stereocenters. The summed E-state index contributed by atoms with van der Waals surface area (Å²) in [6.07, 6.45) is 2.37. The molecule has 0 fully saturated rings. The number of H-pyrrole nitrogens is 1. The van der Waals surface area contributed by atoms with E-state index in [1.165, 1.54) is 17.7 Å². The maximum absolute atomic E-state index is 11.9. The molecule has 2 N–H and O–H groups in total.